The van der Waals surface area contributed by atoms with Crippen molar-refractivity contribution < 1.29 is 19.4 Å². The molecule has 0 saturated heterocycles. The summed E-state index contributed by atoms with van der Waals surface area (Å²) in [5, 5.41) is 14.9. The molecule has 0 aromatic carbocycles. The molecule has 21 heavy (non-hydrogen) atoms. The number of carbonyl (C=O) groups is 2. The summed E-state index contributed by atoms with van der Waals surface area (Å²) >= 11 is 0. The van der Waals surface area contributed by atoms with Crippen LogP contribution in [0.2, 0.25) is 0 Å². The van der Waals surface area contributed by atoms with Crippen molar-refractivity contribution in [3.8, 4) is 0 Å². The smallest absolute Gasteiger partial charge is 0.315 e. The maximum Gasteiger partial charge on any atom is 0.315 e. The van der Waals surface area contributed by atoms with E-state index in [4.69, 9.17) is 4.74 Å². The van der Waals surface area contributed by atoms with E-state index in [0.29, 0.717) is 25.7 Å². The van der Waals surface area contributed by atoms with E-state index in [1.807, 2.05) is 0 Å². The fourth-order valence-corrected chi connectivity index (χ4v) is 3.56. The maximum absolute atomic E-state index is 11.8. The number of nitrogens with one attached hydrogen (secondary N) is 2. The van der Waals surface area contributed by atoms with Crippen LogP contribution < -0.4 is 10.6 Å². The van der Waals surface area contributed by atoms with Crippen LogP contribution in [0.25, 0.3) is 0 Å². The van der Waals surface area contributed by atoms with Crippen molar-refractivity contribution in [2.45, 2.75) is 31.7 Å². The third-order valence-corrected chi connectivity index (χ3v) is 4.50. The van der Waals surface area contributed by atoms with Crippen molar-refractivity contribution in [2.24, 2.45) is 17.8 Å². The Balaban J connectivity index is 1.69. The maximum atomic E-state index is 11.8. The second-order valence-electron chi connectivity index (χ2n) is 5.81. The number of rotatable bonds is 8. The molecule has 2 aliphatic carbocycles. The van der Waals surface area contributed by atoms with Gasteiger partial charge in [-0.3, -0.25) is 4.79 Å². The second kappa shape index (κ2) is 7.45. The molecule has 6 heteroatoms. The van der Waals surface area contributed by atoms with Crippen LogP contribution >= 0.6 is 0 Å². The highest BCUT2D eigenvalue weighted by Crippen LogP contribution is 2.48. The van der Waals surface area contributed by atoms with Gasteiger partial charge in [0.05, 0.1) is 19.1 Å². The van der Waals surface area contributed by atoms with Gasteiger partial charge in [0.2, 0.25) is 0 Å². The number of hydrogen-bond donors (Lipinski definition) is 3. The van der Waals surface area contributed by atoms with Crippen LogP contribution in [0.1, 0.15) is 25.7 Å². The van der Waals surface area contributed by atoms with Gasteiger partial charge in [-0.05, 0) is 37.5 Å². The van der Waals surface area contributed by atoms with Gasteiger partial charge >= 0.3 is 12.0 Å². The van der Waals surface area contributed by atoms with Crippen LogP contribution in [0.15, 0.2) is 12.7 Å². The van der Waals surface area contributed by atoms with Gasteiger partial charge in [-0.1, -0.05) is 6.08 Å². The SMILES string of the molecule is C=CCCOCCNC(=O)NC1C2CCC(C2)C1C(=O)O. The summed E-state index contributed by atoms with van der Waals surface area (Å²) in [6.45, 7) is 5.06. The van der Waals surface area contributed by atoms with E-state index in [1.165, 1.54) is 0 Å². The Morgan fingerprint density at radius 1 is 1.29 bits per heavy atom. The summed E-state index contributed by atoms with van der Waals surface area (Å²) in [4.78, 5) is 23.2. The molecule has 6 nitrogen and oxygen atoms in total. The molecule has 2 bridgehead atoms. The molecule has 0 aliphatic heterocycles. The molecule has 4 atom stereocenters. The number of aliphatic carboxylic acids is 1. The van der Waals surface area contributed by atoms with Crippen LogP contribution in [-0.2, 0) is 9.53 Å². The minimum Gasteiger partial charge on any atom is -0.481 e. The Kier molecular flexibility index (Phi) is 5.61. The molecular formula is C15H24N2O4. The number of carboxylic acid groups (broad SMARTS) is 1. The molecule has 118 valence electrons. The first-order valence-corrected chi connectivity index (χ1v) is 7.59. The number of ether oxygens (including phenoxy) is 1. The zero-order valence-corrected chi connectivity index (χ0v) is 12.2. The molecular weight excluding hydrogens is 272 g/mol. The van der Waals surface area contributed by atoms with E-state index in [9.17, 15) is 14.7 Å². The molecule has 0 aromatic rings. The first-order valence-electron chi connectivity index (χ1n) is 7.59. The van der Waals surface area contributed by atoms with E-state index < -0.39 is 11.9 Å². The Hall–Kier alpha value is -1.56. The second-order valence-corrected chi connectivity index (χ2v) is 5.81. The molecule has 3 N–H and O–H groups in total. The van der Waals surface area contributed by atoms with Gasteiger partial charge in [-0.15, -0.1) is 6.58 Å². The van der Waals surface area contributed by atoms with Crippen molar-refractivity contribution >= 4 is 12.0 Å². The number of carbonyl (C=O) groups excluding carboxylic acids is 1. The van der Waals surface area contributed by atoms with Gasteiger partial charge < -0.3 is 20.5 Å². The number of amides is 2. The molecule has 0 aromatic heterocycles. The average molecular weight is 296 g/mol. The molecule has 2 fully saturated rings. The lowest BCUT2D eigenvalue weighted by Crippen LogP contribution is -2.50. The van der Waals surface area contributed by atoms with Crippen molar-refractivity contribution in [1.82, 2.24) is 10.6 Å². The predicted molar refractivity (Wildman–Crippen MR) is 77.9 cm³/mol. The van der Waals surface area contributed by atoms with E-state index in [1.54, 1.807) is 6.08 Å². The van der Waals surface area contributed by atoms with Gasteiger partial charge in [0.15, 0.2) is 0 Å². The van der Waals surface area contributed by atoms with Gasteiger partial charge in [0, 0.05) is 12.6 Å². The first-order chi connectivity index (χ1) is 10.1. The Morgan fingerprint density at radius 3 is 2.76 bits per heavy atom. The minimum atomic E-state index is -0.791. The Bertz CT molecular complexity index is 399. The molecule has 0 heterocycles. The normalized spacial score (nSPS) is 30.1. The van der Waals surface area contributed by atoms with Gasteiger partial charge in [-0.2, -0.15) is 0 Å². The molecule has 4 unspecified atom stereocenters. The third kappa shape index (κ3) is 3.97. The summed E-state index contributed by atoms with van der Waals surface area (Å²) < 4.78 is 5.30. The lowest BCUT2D eigenvalue weighted by molar-refractivity contribution is -0.144. The lowest BCUT2D eigenvalue weighted by Gasteiger charge is -2.28. The van der Waals surface area contributed by atoms with Gasteiger partial charge in [0.1, 0.15) is 0 Å². The molecule has 2 rings (SSSR count). The first kappa shape index (κ1) is 15.8. The zero-order chi connectivity index (χ0) is 15.2. The highest BCUT2D eigenvalue weighted by molar-refractivity contribution is 5.77. The summed E-state index contributed by atoms with van der Waals surface area (Å²) in [5.41, 5.74) is 0. The molecule has 0 radical (unpaired) electrons. The predicted octanol–water partition coefficient (Wildman–Crippen LogP) is 1.38. The van der Waals surface area contributed by atoms with Gasteiger partial charge in [-0.25, -0.2) is 4.79 Å². The highest BCUT2D eigenvalue weighted by atomic mass is 16.5. The summed E-state index contributed by atoms with van der Waals surface area (Å²) in [6, 6.07) is -0.533. The fraction of sp³-hybridized carbons (Fsp3) is 0.733. The van der Waals surface area contributed by atoms with Crippen LogP contribution in [0.3, 0.4) is 0 Å². The van der Waals surface area contributed by atoms with Crippen molar-refractivity contribution in [3.63, 3.8) is 0 Å². The molecule has 2 aliphatic rings. The number of carboxylic acids is 1. The lowest BCUT2D eigenvalue weighted by atomic mass is 9.84. The third-order valence-electron chi connectivity index (χ3n) is 4.50. The topological polar surface area (TPSA) is 87.7 Å². The Labute approximate surface area is 124 Å². The minimum absolute atomic E-state index is 0.222. The van der Waals surface area contributed by atoms with Gasteiger partial charge in [0.25, 0.3) is 0 Å². The number of urea groups is 1. The average Bonchev–Trinajstić information content (AvgIpc) is 3.03. The Morgan fingerprint density at radius 2 is 2.05 bits per heavy atom. The molecule has 2 amide bonds. The van der Waals surface area contributed by atoms with Crippen LogP contribution in [0.5, 0.6) is 0 Å². The monoisotopic (exact) mass is 296 g/mol. The standard InChI is InChI=1S/C15H24N2O4/c1-2-3-7-21-8-6-16-15(20)17-13-11-5-4-10(9-11)12(13)14(18)19/h2,10-13H,1,3-9H2,(H,18,19)(H2,16,17,20). The van der Waals surface area contributed by atoms with E-state index >= 15 is 0 Å². The quantitative estimate of drug-likeness (QED) is 0.466. The summed E-state index contributed by atoms with van der Waals surface area (Å²) in [6.07, 6.45) is 5.48. The number of hydrogen-bond acceptors (Lipinski definition) is 3. The molecule has 2 saturated carbocycles. The van der Waals surface area contributed by atoms with Crippen molar-refractivity contribution in [2.75, 3.05) is 19.8 Å². The highest BCUT2D eigenvalue weighted by Gasteiger charge is 2.51. The zero-order valence-electron chi connectivity index (χ0n) is 12.2. The fourth-order valence-electron chi connectivity index (χ4n) is 3.56. The number of fused-ring (bicyclic) bond motifs is 2. The summed E-state index contributed by atoms with van der Waals surface area (Å²) in [7, 11) is 0. The molecule has 0 spiro atoms. The van der Waals surface area contributed by atoms with Crippen LogP contribution in [0, 0.1) is 17.8 Å². The van der Waals surface area contributed by atoms with Crippen LogP contribution in [0.4, 0.5) is 4.79 Å². The van der Waals surface area contributed by atoms with Crippen molar-refractivity contribution in [3.05, 3.63) is 12.7 Å². The van der Waals surface area contributed by atoms with E-state index in [-0.39, 0.29) is 18.0 Å². The van der Waals surface area contributed by atoms with E-state index in [0.717, 1.165) is 25.7 Å². The largest absolute Gasteiger partial charge is 0.481 e. The van der Waals surface area contributed by atoms with Crippen LogP contribution in [-0.4, -0.2) is 42.9 Å². The van der Waals surface area contributed by atoms with E-state index in [2.05, 4.69) is 17.2 Å². The summed E-state index contributed by atoms with van der Waals surface area (Å²) in [5.74, 6) is -0.690. The van der Waals surface area contributed by atoms with Crippen molar-refractivity contribution in [1.29, 1.82) is 0 Å².